The summed E-state index contributed by atoms with van der Waals surface area (Å²) >= 11 is 0.718. The van der Waals surface area contributed by atoms with Gasteiger partial charge in [0.1, 0.15) is 11.3 Å². The lowest BCUT2D eigenvalue weighted by molar-refractivity contribution is -0.275. The highest BCUT2D eigenvalue weighted by molar-refractivity contribution is 8.18. The Morgan fingerprint density at radius 2 is 1.97 bits per heavy atom. The summed E-state index contributed by atoms with van der Waals surface area (Å²) in [5.41, 5.74) is 0.821. The summed E-state index contributed by atoms with van der Waals surface area (Å²) in [5, 5.41) is 2.13. The standard InChI is InChI=1S/C18H8F4N2O4S/c19-12-4-8(1-2-13(12)28-18(20,21)22)11-7-23-6-9-3-10(27-15(9)11)5-14-16(25)24-17(26)29-14/h1-7H,(H,24,25,26)/b14-5-. The van der Waals surface area contributed by atoms with Crippen LogP contribution in [0.3, 0.4) is 0 Å². The number of furan rings is 1. The largest absolute Gasteiger partial charge is 0.573 e. The van der Waals surface area contributed by atoms with Crippen LogP contribution in [-0.2, 0) is 4.79 Å². The van der Waals surface area contributed by atoms with Gasteiger partial charge in [-0.3, -0.25) is 19.9 Å². The van der Waals surface area contributed by atoms with E-state index in [9.17, 15) is 27.2 Å². The third-order valence-electron chi connectivity index (χ3n) is 3.83. The maximum atomic E-state index is 14.1. The Balaban J connectivity index is 1.73. The first-order valence-electron chi connectivity index (χ1n) is 7.88. The molecule has 1 aromatic carbocycles. The minimum atomic E-state index is -5.01. The molecule has 2 amide bonds. The van der Waals surface area contributed by atoms with Gasteiger partial charge in [-0.15, -0.1) is 13.2 Å². The molecule has 0 unspecified atom stereocenters. The molecule has 0 saturated carbocycles. The van der Waals surface area contributed by atoms with Crippen LogP contribution in [0.25, 0.3) is 28.2 Å². The fraction of sp³-hybridized carbons (Fsp3) is 0.0556. The number of pyridine rings is 1. The molecule has 0 bridgehead atoms. The van der Waals surface area contributed by atoms with E-state index in [1.165, 1.54) is 24.5 Å². The van der Waals surface area contributed by atoms with Crippen LogP contribution in [0.15, 0.2) is 46.0 Å². The number of alkyl halides is 3. The molecule has 29 heavy (non-hydrogen) atoms. The number of fused-ring (bicyclic) bond motifs is 1. The highest BCUT2D eigenvalue weighted by Gasteiger charge is 2.32. The van der Waals surface area contributed by atoms with Gasteiger partial charge in [0.25, 0.3) is 11.1 Å². The van der Waals surface area contributed by atoms with Crippen molar-refractivity contribution in [1.29, 1.82) is 0 Å². The zero-order chi connectivity index (χ0) is 20.8. The minimum Gasteiger partial charge on any atom is -0.456 e. The second-order valence-corrected chi connectivity index (χ2v) is 6.81. The van der Waals surface area contributed by atoms with E-state index >= 15 is 0 Å². The molecule has 148 valence electrons. The van der Waals surface area contributed by atoms with E-state index < -0.39 is 29.1 Å². The molecule has 2 aromatic heterocycles. The second kappa shape index (κ2) is 6.92. The van der Waals surface area contributed by atoms with Gasteiger partial charge in [0.05, 0.1) is 4.91 Å². The van der Waals surface area contributed by atoms with Crippen molar-refractivity contribution in [3.05, 3.63) is 53.1 Å². The normalized spacial score (nSPS) is 15.9. The van der Waals surface area contributed by atoms with Gasteiger partial charge in [-0.05, 0) is 35.5 Å². The number of halogens is 4. The summed E-state index contributed by atoms with van der Waals surface area (Å²) < 4.78 is 60.3. The Kier molecular flexibility index (Phi) is 4.53. The Hall–Kier alpha value is -3.34. The van der Waals surface area contributed by atoms with Crippen LogP contribution >= 0.6 is 11.8 Å². The molecule has 11 heteroatoms. The molecule has 1 aliphatic heterocycles. The predicted molar refractivity (Wildman–Crippen MR) is 95.2 cm³/mol. The van der Waals surface area contributed by atoms with E-state index in [2.05, 4.69) is 15.0 Å². The van der Waals surface area contributed by atoms with Crippen molar-refractivity contribution in [3.63, 3.8) is 0 Å². The summed E-state index contributed by atoms with van der Waals surface area (Å²) in [7, 11) is 0. The van der Waals surface area contributed by atoms with Crippen LogP contribution in [-0.4, -0.2) is 22.5 Å². The number of aromatic nitrogens is 1. The summed E-state index contributed by atoms with van der Waals surface area (Å²) in [6.45, 7) is 0. The van der Waals surface area contributed by atoms with E-state index in [0.717, 1.165) is 23.9 Å². The van der Waals surface area contributed by atoms with Crippen molar-refractivity contribution in [3.8, 4) is 16.9 Å². The highest BCUT2D eigenvalue weighted by Crippen LogP contribution is 2.35. The first-order valence-corrected chi connectivity index (χ1v) is 8.69. The van der Waals surface area contributed by atoms with E-state index in [-0.39, 0.29) is 21.8 Å². The number of hydrogen-bond acceptors (Lipinski definition) is 6. The topological polar surface area (TPSA) is 81.4 Å². The van der Waals surface area contributed by atoms with Crippen molar-refractivity contribution in [2.75, 3.05) is 0 Å². The molecule has 6 nitrogen and oxygen atoms in total. The molecule has 3 heterocycles. The van der Waals surface area contributed by atoms with Gasteiger partial charge in [0.15, 0.2) is 11.6 Å². The van der Waals surface area contributed by atoms with Crippen molar-refractivity contribution >= 4 is 40.0 Å². The van der Waals surface area contributed by atoms with Crippen LogP contribution in [0.1, 0.15) is 5.76 Å². The lowest BCUT2D eigenvalue weighted by Gasteiger charge is -2.10. The fourth-order valence-electron chi connectivity index (χ4n) is 2.68. The van der Waals surface area contributed by atoms with E-state index in [4.69, 9.17) is 4.42 Å². The van der Waals surface area contributed by atoms with Crippen molar-refractivity contribution in [2.24, 2.45) is 0 Å². The van der Waals surface area contributed by atoms with Crippen LogP contribution in [0.5, 0.6) is 5.75 Å². The number of amides is 2. The number of hydrogen-bond donors (Lipinski definition) is 1. The van der Waals surface area contributed by atoms with Crippen LogP contribution < -0.4 is 10.1 Å². The average molecular weight is 424 g/mol. The van der Waals surface area contributed by atoms with Gasteiger partial charge >= 0.3 is 6.36 Å². The molecule has 0 aliphatic carbocycles. The first kappa shape index (κ1) is 19.0. The number of thioether (sulfide) groups is 1. The van der Waals surface area contributed by atoms with Gasteiger partial charge in [0.2, 0.25) is 0 Å². The first-order chi connectivity index (χ1) is 13.7. The third kappa shape index (κ3) is 3.94. The van der Waals surface area contributed by atoms with Gasteiger partial charge in [-0.2, -0.15) is 0 Å². The van der Waals surface area contributed by atoms with Gasteiger partial charge in [0, 0.05) is 29.4 Å². The Bertz CT molecular complexity index is 1190. The zero-order valence-electron chi connectivity index (χ0n) is 14.0. The lowest BCUT2D eigenvalue weighted by atomic mass is 10.1. The zero-order valence-corrected chi connectivity index (χ0v) is 14.9. The monoisotopic (exact) mass is 424 g/mol. The molecule has 0 radical (unpaired) electrons. The van der Waals surface area contributed by atoms with E-state index in [0.29, 0.717) is 10.9 Å². The molecule has 1 N–H and O–H groups in total. The second-order valence-electron chi connectivity index (χ2n) is 5.80. The number of benzene rings is 1. The predicted octanol–water partition coefficient (Wildman–Crippen LogP) is 4.86. The van der Waals surface area contributed by atoms with E-state index in [1.54, 1.807) is 6.07 Å². The number of carbonyl (C=O) groups is 2. The van der Waals surface area contributed by atoms with Crippen molar-refractivity contribution in [2.45, 2.75) is 6.36 Å². The summed E-state index contributed by atoms with van der Waals surface area (Å²) in [4.78, 5) is 27.1. The number of carbonyl (C=O) groups excluding carboxylic acids is 2. The average Bonchev–Trinajstić information content (AvgIpc) is 3.17. The van der Waals surface area contributed by atoms with Crippen molar-refractivity contribution in [1.82, 2.24) is 10.3 Å². The molecule has 4 rings (SSSR count). The maximum Gasteiger partial charge on any atom is 0.573 e. The van der Waals surface area contributed by atoms with Gasteiger partial charge in [-0.1, -0.05) is 6.07 Å². The van der Waals surface area contributed by atoms with E-state index in [1.807, 2.05) is 0 Å². The molecule has 0 spiro atoms. The van der Waals surface area contributed by atoms with Gasteiger partial charge in [-0.25, -0.2) is 4.39 Å². The highest BCUT2D eigenvalue weighted by atomic mass is 32.2. The minimum absolute atomic E-state index is 0.142. The number of nitrogens with zero attached hydrogens (tertiary/aromatic N) is 1. The molecular weight excluding hydrogens is 416 g/mol. The van der Waals surface area contributed by atoms with Crippen molar-refractivity contribution < 1.29 is 36.3 Å². The van der Waals surface area contributed by atoms with Crippen LogP contribution in [0.2, 0.25) is 0 Å². The number of nitrogens with one attached hydrogen (secondary N) is 1. The number of imide groups is 1. The Morgan fingerprint density at radius 3 is 2.62 bits per heavy atom. The maximum absolute atomic E-state index is 14.1. The summed E-state index contributed by atoms with van der Waals surface area (Å²) in [6.07, 6.45) is -0.813. The Morgan fingerprint density at radius 1 is 1.17 bits per heavy atom. The van der Waals surface area contributed by atoms with Crippen LogP contribution in [0.4, 0.5) is 22.4 Å². The summed E-state index contributed by atoms with van der Waals surface area (Å²) in [6, 6.07) is 4.53. The third-order valence-corrected chi connectivity index (χ3v) is 4.64. The molecular formula is C18H8F4N2O4S. The molecule has 3 aromatic rings. The number of rotatable bonds is 3. The van der Waals surface area contributed by atoms with Crippen LogP contribution in [0, 0.1) is 5.82 Å². The fourth-order valence-corrected chi connectivity index (χ4v) is 3.35. The lowest BCUT2D eigenvalue weighted by Crippen LogP contribution is -2.17. The molecule has 1 fully saturated rings. The summed E-state index contributed by atoms with van der Waals surface area (Å²) in [5.74, 6) is -2.47. The SMILES string of the molecule is O=C1NC(=O)/C(=C/c2cc3cncc(-c4ccc(OC(F)(F)F)c(F)c4)c3o2)S1. The molecule has 1 saturated heterocycles. The quantitative estimate of drug-likeness (QED) is 0.478. The molecule has 1 aliphatic rings. The number of ether oxygens (including phenoxy) is 1. The Labute approximate surface area is 163 Å². The molecule has 0 atom stereocenters. The smallest absolute Gasteiger partial charge is 0.456 e. The van der Waals surface area contributed by atoms with Gasteiger partial charge < -0.3 is 9.15 Å².